The summed E-state index contributed by atoms with van der Waals surface area (Å²) in [5.74, 6) is 1.26. The number of aromatic nitrogens is 1. The highest BCUT2D eigenvalue weighted by Gasteiger charge is 2.45. The average molecular weight is 671 g/mol. The number of hydrogen-bond donors (Lipinski definition) is 1. The third-order valence-corrected chi connectivity index (χ3v) is 12.4. The van der Waals surface area contributed by atoms with Crippen LogP contribution in [-0.2, 0) is 0 Å². The van der Waals surface area contributed by atoms with Crippen LogP contribution in [0.4, 0.5) is 0 Å². The van der Waals surface area contributed by atoms with Crippen molar-refractivity contribution in [1.82, 2.24) is 9.88 Å². The lowest BCUT2D eigenvalue weighted by atomic mass is 9.95. The molecule has 2 nitrogen and oxygen atoms in total. The van der Waals surface area contributed by atoms with Gasteiger partial charge in [-0.15, -0.1) is 11.3 Å². The molecule has 1 saturated carbocycles. The minimum atomic E-state index is 0.283. The second-order valence-electron chi connectivity index (χ2n) is 14.2. The molecule has 3 heteroatoms. The molecule has 2 unspecified atom stereocenters. The lowest BCUT2D eigenvalue weighted by Gasteiger charge is -2.27. The van der Waals surface area contributed by atoms with Gasteiger partial charge in [0.15, 0.2) is 0 Å². The second kappa shape index (κ2) is 11.3. The first-order valence-electron chi connectivity index (χ1n) is 18.0. The van der Waals surface area contributed by atoms with Crippen molar-refractivity contribution in [2.45, 2.75) is 12.5 Å². The van der Waals surface area contributed by atoms with E-state index >= 15 is 0 Å². The topological polar surface area (TPSA) is 17.0 Å². The van der Waals surface area contributed by atoms with Crippen LogP contribution in [0.3, 0.4) is 0 Å². The predicted molar refractivity (Wildman–Crippen MR) is 216 cm³/mol. The van der Waals surface area contributed by atoms with Crippen molar-refractivity contribution in [3.63, 3.8) is 0 Å². The molecule has 1 aliphatic carbocycles. The van der Waals surface area contributed by atoms with Crippen LogP contribution in [0.15, 0.2) is 170 Å². The van der Waals surface area contributed by atoms with Crippen LogP contribution in [0.5, 0.6) is 0 Å². The Bertz CT molecular complexity index is 2820. The number of allylic oxidation sites excluding steroid dienone is 1. The van der Waals surface area contributed by atoms with Gasteiger partial charge in [0.2, 0.25) is 0 Å². The van der Waals surface area contributed by atoms with E-state index in [0.29, 0.717) is 11.8 Å². The van der Waals surface area contributed by atoms with E-state index in [2.05, 4.69) is 180 Å². The van der Waals surface area contributed by atoms with Crippen molar-refractivity contribution in [1.29, 1.82) is 0 Å². The maximum atomic E-state index is 3.99. The number of rotatable bonds is 5. The number of hydrogen-bond acceptors (Lipinski definition) is 2. The Morgan fingerprint density at radius 2 is 1.24 bits per heavy atom. The molecule has 2 aromatic heterocycles. The minimum absolute atomic E-state index is 0.283. The number of thiophene rings is 1. The summed E-state index contributed by atoms with van der Waals surface area (Å²) in [5.41, 5.74) is 12.6. The number of benzene rings is 7. The first kappa shape index (κ1) is 28.9. The first-order chi connectivity index (χ1) is 25.3. The summed E-state index contributed by atoms with van der Waals surface area (Å²) >= 11 is 1.90. The molecule has 0 saturated heterocycles. The van der Waals surface area contributed by atoms with Crippen molar-refractivity contribution in [2.75, 3.05) is 0 Å². The van der Waals surface area contributed by atoms with Gasteiger partial charge in [-0.25, -0.2) is 0 Å². The van der Waals surface area contributed by atoms with Gasteiger partial charge in [0, 0.05) is 42.3 Å². The van der Waals surface area contributed by atoms with Gasteiger partial charge in [-0.3, -0.25) is 0 Å². The van der Waals surface area contributed by atoms with E-state index in [1.807, 2.05) is 11.3 Å². The highest BCUT2D eigenvalue weighted by molar-refractivity contribution is 7.26. The van der Waals surface area contributed by atoms with Gasteiger partial charge in [0.25, 0.3) is 0 Å². The number of nitrogens with one attached hydrogen (secondary N) is 1. The zero-order valence-corrected chi connectivity index (χ0v) is 28.8. The van der Waals surface area contributed by atoms with Crippen molar-refractivity contribution >= 4 is 59.0 Å². The summed E-state index contributed by atoms with van der Waals surface area (Å²) in [6.45, 7) is 0. The Labute approximate surface area is 300 Å². The maximum Gasteiger partial charge on any atom is 0.0548 e. The average Bonchev–Trinajstić information content (AvgIpc) is 3.78. The van der Waals surface area contributed by atoms with Crippen molar-refractivity contribution in [3.05, 3.63) is 181 Å². The Kier molecular flexibility index (Phi) is 6.41. The largest absolute Gasteiger partial charge is 0.378 e. The molecular formula is C48H34N2S. The van der Waals surface area contributed by atoms with Crippen LogP contribution in [-0.4, -0.2) is 4.57 Å². The van der Waals surface area contributed by atoms with E-state index in [0.717, 1.165) is 0 Å². The zero-order valence-electron chi connectivity index (χ0n) is 28.0. The normalized spacial score (nSPS) is 18.2. The first-order valence-corrected chi connectivity index (χ1v) is 18.8. The third kappa shape index (κ3) is 4.69. The van der Waals surface area contributed by atoms with Gasteiger partial charge in [-0.05, 0) is 88.0 Å². The standard InChI is InChI=1S/C48H34N2S/c1-2-10-30(11-3-1)31-20-22-32(23-21-31)43-29-35-28-41(35)47(49-43)34-12-8-13-36(26-34)50-44-18-6-4-14-38(44)42-27-33(24-25-45(42)50)37-16-9-17-40-39-15-5-7-19-46(39)51-48(37)40/h1-27,29,35,41,47,49H,28H2/t35-,41?,47?/m0/s1. The molecule has 51 heavy (non-hydrogen) atoms. The van der Waals surface area contributed by atoms with Crippen molar-refractivity contribution in [2.24, 2.45) is 11.8 Å². The predicted octanol–water partition coefficient (Wildman–Crippen LogP) is 12.8. The van der Waals surface area contributed by atoms with Crippen molar-refractivity contribution < 1.29 is 0 Å². The molecule has 3 atom stereocenters. The molecule has 1 aliphatic heterocycles. The fourth-order valence-electron chi connectivity index (χ4n) is 8.58. The van der Waals surface area contributed by atoms with Gasteiger partial charge < -0.3 is 9.88 Å². The summed E-state index contributed by atoms with van der Waals surface area (Å²) in [5, 5.41) is 9.23. The lowest BCUT2D eigenvalue weighted by Crippen LogP contribution is -2.25. The fraction of sp³-hybridized carbons (Fsp3) is 0.0833. The van der Waals surface area contributed by atoms with Gasteiger partial charge in [0.1, 0.15) is 0 Å². The molecule has 242 valence electrons. The van der Waals surface area contributed by atoms with Gasteiger partial charge in [0.05, 0.1) is 17.1 Å². The Hall–Kier alpha value is -5.90. The molecule has 1 N–H and O–H groups in total. The highest BCUT2D eigenvalue weighted by atomic mass is 32.1. The van der Waals surface area contributed by atoms with Crippen LogP contribution in [0.1, 0.15) is 23.6 Å². The highest BCUT2D eigenvalue weighted by Crippen LogP contribution is 2.53. The van der Waals surface area contributed by atoms with Gasteiger partial charge >= 0.3 is 0 Å². The molecule has 0 bridgehead atoms. The van der Waals surface area contributed by atoms with E-state index in [9.17, 15) is 0 Å². The molecular weight excluding hydrogens is 637 g/mol. The van der Waals surface area contributed by atoms with Crippen LogP contribution >= 0.6 is 11.3 Å². The molecule has 3 heterocycles. The van der Waals surface area contributed by atoms with E-state index in [1.54, 1.807) is 0 Å². The summed E-state index contributed by atoms with van der Waals surface area (Å²) in [6, 6.07) is 60.7. The van der Waals surface area contributed by atoms with Crippen LogP contribution in [0.25, 0.3) is 75.6 Å². The molecule has 1 fully saturated rings. The van der Waals surface area contributed by atoms with Gasteiger partial charge in [-0.2, -0.15) is 0 Å². The number of nitrogens with zero attached hydrogens (tertiary/aromatic N) is 1. The van der Waals surface area contributed by atoms with E-state index in [1.165, 1.54) is 93.2 Å². The molecule has 0 spiro atoms. The SMILES string of the molecule is C1=C(c2ccc(-c3ccccc3)cc2)NC(c2cccc(-n3c4ccccc4c4cc(-c5cccc6c5sc5ccccc56)ccc43)c2)C2C[C@@H]12. The summed E-state index contributed by atoms with van der Waals surface area (Å²) < 4.78 is 5.16. The molecule has 7 aromatic carbocycles. The molecule has 9 aromatic rings. The molecule has 0 amide bonds. The Balaban J connectivity index is 0.970. The van der Waals surface area contributed by atoms with E-state index < -0.39 is 0 Å². The minimum Gasteiger partial charge on any atom is -0.378 e. The number of para-hydroxylation sites is 1. The Morgan fingerprint density at radius 3 is 2.14 bits per heavy atom. The third-order valence-electron chi connectivity index (χ3n) is 11.2. The van der Waals surface area contributed by atoms with Gasteiger partial charge in [-0.1, -0.05) is 133 Å². The van der Waals surface area contributed by atoms with Crippen LogP contribution in [0.2, 0.25) is 0 Å². The summed E-state index contributed by atoms with van der Waals surface area (Å²) in [4.78, 5) is 0. The molecule has 0 radical (unpaired) electrons. The quantitative estimate of drug-likeness (QED) is 0.193. The van der Waals surface area contributed by atoms with Crippen LogP contribution in [0, 0.1) is 11.8 Å². The van der Waals surface area contributed by atoms with Crippen molar-refractivity contribution in [3.8, 4) is 27.9 Å². The van der Waals surface area contributed by atoms with Crippen LogP contribution < -0.4 is 5.32 Å². The summed E-state index contributed by atoms with van der Waals surface area (Å²) in [7, 11) is 0. The second-order valence-corrected chi connectivity index (χ2v) is 15.2. The zero-order chi connectivity index (χ0) is 33.5. The smallest absolute Gasteiger partial charge is 0.0548 e. The Morgan fingerprint density at radius 1 is 0.529 bits per heavy atom. The number of fused-ring (bicyclic) bond motifs is 7. The monoisotopic (exact) mass is 670 g/mol. The van der Waals surface area contributed by atoms with E-state index in [-0.39, 0.29) is 6.04 Å². The lowest BCUT2D eigenvalue weighted by molar-refractivity contribution is 0.525. The molecule has 2 aliphatic rings. The summed E-state index contributed by atoms with van der Waals surface area (Å²) in [6.07, 6.45) is 3.70. The van der Waals surface area contributed by atoms with E-state index in [4.69, 9.17) is 0 Å². The maximum absolute atomic E-state index is 3.99. The molecule has 11 rings (SSSR count). The fourth-order valence-corrected chi connectivity index (χ4v) is 9.82.